The molecule has 0 aliphatic carbocycles. The van der Waals surface area contributed by atoms with E-state index in [0.717, 1.165) is 6.42 Å². The maximum atomic E-state index is 10.5. The largest absolute Gasteiger partial charge is 0.369 e. The van der Waals surface area contributed by atoms with Crippen molar-refractivity contribution < 1.29 is 13.0 Å². The van der Waals surface area contributed by atoms with Gasteiger partial charge in [-0.3, -0.25) is 9.96 Å². The fourth-order valence-corrected chi connectivity index (χ4v) is 1.27. The van der Waals surface area contributed by atoms with Gasteiger partial charge in [0.1, 0.15) is 0 Å². The lowest BCUT2D eigenvalue weighted by atomic mass is 10.3. The van der Waals surface area contributed by atoms with E-state index in [4.69, 9.17) is 15.7 Å². The van der Waals surface area contributed by atoms with Gasteiger partial charge in [-0.15, -0.1) is 0 Å². The Morgan fingerprint density at radius 1 is 1.67 bits per heavy atom. The Morgan fingerprint density at radius 3 is 2.42 bits per heavy atom. The van der Waals surface area contributed by atoms with Crippen LogP contribution in [-0.2, 0) is 10.3 Å². The van der Waals surface area contributed by atoms with Gasteiger partial charge < -0.3 is 5.73 Å². The van der Waals surface area contributed by atoms with Crippen molar-refractivity contribution in [3.63, 3.8) is 0 Å². The molecule has 0 heterocycles. The lowest BCUT2D eigenvalue weighted by molar-refractivity contribution is 0.413. The van der Waals surface area contributed by atoms with Crippen molar-refractivity contribution >= 4 is 16.3 Å². The molecule has 4 N–H and O–H groups in total. The first-order valence-corrected chi connectivity index (χ1v) is 4.88. The summed E-state index contributed by atoms with van der Waals surface area (Å²) in [4.78, 5) is 0. The molecule has 7 heteroatoms. The molecular formula is C5H13N3O3S. The quantitative estimate of drug-likeness (QED) is 0.327. The number of nitrogens with two attached hydrogens (primary N) is 1. The molecule has 0 unspecified atom stereocenters. The van der Waals surface area contributed by atoms with Crippen LogP contribution in [0.3, 0.4) is 0 Å². The van der Waals surface area contributed by atoms with E-state index in [2.05, 4.69) is 0 Å². The van der Waals surface area contributed by atoms with Gasteiger partial charge in [0.15, 0.2) is 0 Å². The second kappa shape index (κ2) is 4.27. The number of nitrogens with zero attached hydrogens (tertiary/aromatic N) is 1. The van der Waals surface area contributed by atoms with E-state index in [1.54, 1.807) is 0 Å². The first kappa shape index (κ1) is 11.2. The van der Waals surface area contributed by atoms with Crippen LogP contribution in [0.1, 0.15) is 19.8 Å². The molecule has 0 aromatic carbocycles. The van der Waals surface area contributed by atoms with Gasteiger partial charge in [0.25, 0.3) is 0 Å². The Bertz CT molecular complexity index is 249. The molecule has 0 aromatic rings. The predicted octanol–water partition coefficient (Wildman–Crippen LogP) is -0.215. The number of rotatable bonds is 4. The van der Waals surface area contributed by atoms with Crippen LogP contribution in [0.5, 0.6) is 0 Å². The van der Waals surface area contributed by atoms with Gasteiger partial charge in [0, 0.05) is 6.54 Å². The number of unbranched alkanes of at least 4 members (excludes halogenated alkanes) is 1. The first-order chi connectivity index (χ1) is 5.39. The maximum absolute atomic E-state index is 10.5. The average molecular weight is 195 g/mol. The van der Waals surface area contributed by atoms with Crippen molar-refractivity contribution in [1.29, 1.82) is 5.41 Å². The second-order valence-electron chi connectivity index (χ2n) is 2.29. The highest BCUT2D eigenvalue weighted by Crippen LogP contribution is 1.99. The Morgan fingerprint density at radius 2 is 2.17 bits per heavy atom. The molecule has 0 radical (unpaired) electrons. The van der Waals surface area contributed by atoms with Crippen LogP contribution in [0.2, 0.25) is 0 Å². The van der Waals surface area contributed by atoms with Crippen LogP contribution < -0.4 is 5.73 Å². The summed E-state index contributed by atoms with van der Waals surface area (Å²) in [5.41, 5.74) is 4.93. The Labute approximate surface area is 71.7 Å². The van der Waals surface area contributed by atoms with Crippen LogP contribution in [0, 0.1) is 5.41 Å². The van der Waals surface area contributed by atoms with Crippen LogP contribution in [0.15, 0.2) is 0 Å². The fraction of sp³-hybridized carbons (Fsp3) is 0.800. The number of guanidine groups is 1. The van der Waals surface area contributed by atoms with E-state index in [9.17, 15) is 8.42 Å². The molecule has 0 aromatic heterocycles. The van der Waals surface area contributed by atoms with Gasteiger partial charge in [-0.25, -0.2) is 4.31 Å². The molecule has 0 fully saturated rings. The van der Waals surface area contributed by atoms with Gasteiger partial charge in [0.2, 0.25) is 5.96 Å². The second-order valence-corrected chi connectivity index (χ2v) is 3.63. The van der Waals surface area contributed by atoms with Crippen LogP contribution in [0.25, 0.3) is 0 Å². The zero-order valence-corrected chi connectivity index (χ0v) is 7.63. The highest BCUT2D eigenvalue weighted by atomic mass is 32.2. The molecule has 0 aliphatic rings. The summed E-state index contributed by atoms with van der Waals surface area (Å²) in [6.45, 7) is 1.91. The maximum Gasteiger partial charge on any atom is 0.362 e. The van der Waals surface area contributed by atoms with Crippen molar-refractivity contribution in [1.82, 2.24) is 4.31 Å². The Hall–Kier alpha value is -0.820. The molecule has 6 nitrogen and oxygen atoms in total. The molecule has 0 saturated heterocycles. The predicted molar refractivity (Wildman–Crippen MR) is 45.1 cm³/mol. The molecule has 0 amide bonds. The first-order valence-electron chi connectivity index (χ1n) is 3.48. The summed E-state index contributed by atoms with van der Waals surface area (Å²) in [5, 5.41) is 6.85. The summed E-state index contributed by atoms with van der Waals surface area (Å²) in [6.07, 6.45) is 1.32. The van der Waals surface area contributed by atoms with Crippen molar-refractivity contribution in [2.24, 2.45) is 5.73 Å². The Balaban J connectivity index is 4.36. The molecule has 0 bridgehead atoms. The summed E-state index contributed by atoms with van der Waals surface area (Å²) in [5.74, 6) is -0.661. The zero-order chi connectivity index (χ0) is 9.78. The lowest BCUT2D eigenvalue weighted by Gasteiger charge is -2.17. The minimum Gasteiger partial charge on any atom is -0.369 e. The molecule has 0 spiro atoms. The summed E-state index contributed by atoms with van der Waals surface area (Å²) >= 11 is 0. The summed E-state index contributed by atoms with van der Waals surface area (Å²) in [6, 6.07) is 0. The van der Waals surface area contributed by atoms with Crippen LogP contribution >= 0.6 is 0 Å². The van der Waals surface area contributed by atoms with Crippen molar-refractivity contribution in [2.45, 2.75) is 19.8 Å². The summed E-state index contributed by atoms with van der Waals surface area (Å²) < 4.78 is 30.1. The topological polar surface area (TPSA) is 107 Å². The fourth-order valence-electron chi connectivity index (χ4n) is 0.662. The van der Waals surface area contributed by atoms with E-state index in [-0.39, 0.29) is 6.54 Å². The van der Waals surface area contributed by atoms with Gasteiger partial charge in [-0.2, -0.15) is 8.42 Å². The number of hydrogen-bond acceptors (Lipinski definition) is 3. The average Bonchev–Trinajstić information content (AvgIpc) is 1.84. The molecular weight excluding hydrogens is 182 g/mol. The van der Waals surface area contributed by atoms with Gasteiger partial charge in [-0.1, -0.05) is 13.3 Å². The monoisotopic (exact) mass is 195 g/mol. The molecule has 72 valence electrons. The van der Waals surface area contributed by atoms with E-state index in [1.165, 1.54) is 0 Å². The Kier molecular flexibility index (Phi) is 3.98. The molecule has 12 heavy (non-hydrogen) atoms. The molecule has 0 aliphatic heterocycles. The van der Waals surface area contributed by atoms with Crippen LogP contribution in [0.4, 0.5) is 0 Å². The van der Waals surface area contributed by atoms with Crippen molar-refractivity contribution in [3.05, 3.63) is 0 Å². The molecule has 0 saturated carbocycles. The number of hydrogen-bond donors (Lipinski definition) is 3. The third-order valence-corrected chi connectivity index (χ3v) is 2.20. The third-order valence-electron chi connectivity index (χ3n) is 1.26. The standard InChI is InChI=1S/C5H13N3O3S/c1-2-3-4-8(5(6)7)12(9,10)11/h2-4H2,1H3,(H3,6,7)(H,9,10,11). The van der Waals surface area contributed by atoms with Crippen molar-refractivity contribution in [3.8, 4) is 0 Å². The van der Waals surface area contributed by atoms with E-state index in [0.29, 0.717) is 10.7 Å². The van der Waals surface area contributed by atoms with Gasteiger partial charge >= 0.3 is 10.3 Å². The SMILES string of the molecule is CCCCN(C(=N)N)S(=O)(=O)O. The molecule has 0 rings (SSSR count). The normalized spacial score (nSPS) is 11.2. The van der Waals surface area contributed by atoms with E-state index < -0.39 is 16.3 Å². The van der Waals surface area contributed by atoms with Crippen LogP contribution in [-0.4, -0.2) is 29.8 Å². The van der Waals surface area contributed by atoms with E-state index >= 15 is 0 Å². The zero-order valence-electron chi connectivity index (χ0n) is 6.82. The summed E-state index contributed by atoms with van der Waals surface area (Å²) in [7, 11) is -4.35. The number of nitrogens with one attached hydrogen (secondary N) is 1. The highest BCUT2D eigenvalue weighted by molar-refractivity contribution is 7.84. The third kappa shape index (κ3) is 3.54. The van der Waals surface area contributed by atoms with Gasteiger partial charge in [-0.05, 0) is 6.42 Å². The minimum absolute atomic E-state index is 0.0463. The minimum atomic E-state index is -4.35. The van der Waals surface area contributed by atoms with E-state index in [1.807, 2.05) is 6.92 Å². The highest BCUT2D eigenvalue weighted by Gasteiger charge is 2.18. The van der Waals surface area contributed by atoms with Gasteiger partial charge in [0.05, 0.1) is 0 Å². The lowest BCUT2D eigenvalue weighted by Crippen LogP contribution is -2.41. The smallest absolute Gasteiger partial charge is 0.362 e. The van der Waals surface area contributed by atoms with Crippen molar-refractivity contribution in [2.75, 3.05) is 6.54 Å². The molecule has 0 atom stereocenters.